The number of hydrogen-bond acceptors (Lipinski definition) is 2. The van der Waals surface area contributed by atoms with E-state index in [2.05, 4.69) is 38.3 Å². The SMILES string of the molecule is CC1CCCC1NC(=O)CNC(C)(C)C. The van der Waals surface area contributed by atoms with Gasteiger partial charge in [-0.15, -0.1) is 0 Å². The van der Waals surface area contributed by atoms with E-state index < -0.39 is 0 Å². The van der Waals surface area contributed by atoms with Gasteiger partial charge in [-0.2, -0.15) is 0 Å². The van der Waals surface area contributed by atoms with Crippen LogP contribution in [-0.4, -0.2) is 24.0 Å². The fourth-order valence-electron chi connectivity index (χ4n) is 1.96. The van der Waals surface area contributed by atoms with Crippen LogP contribution in [0.5, 0.6) is 0 Å². The van der Waals surface area contributed by atoms with Gasteiger partial charge in [-0.3, -0.25) is 4.79 Å². The summed E-state index contributed by atoms with van der Waals surface area (Å²) in [5, 5.41) is 6.30. The van der Waals surface area contributed by atoms with Gasteiger partial charge in [0.05, 0.1) is 6.54 Å². The number of nitrogens with one attached hydrogen (secondary N) is 2. The molecule has 0 aromatic heterocycles. The maximum Gasteiger partial charge on any atom is 0.234 e. The summed E-state index contributed by atoms with van der Waals surface area (Å²) >= 11 is 0. The van der Waals surface area contributed by atoms with Crippen LogP contribution in [0.1, 0.15) is 47.0 Å². The molecular formula is C12H24N2O. The van der Waals surface area contributed by atoms with Gasteiger partial charge in [0.2, 0.25) is 5.91 Å². The van der Waals surface area contributed by atoms with Crippen LogP contribution in [0.2, 0.25) is 0 Å². The standard InChI is InChI=1S/C12H24N2O/c1-9-6-5-7-10(9)14-11(15)8-13-12(2,3)4/h9-10,13H,5-8H2,1-4H3,(H,14,15). The van der Waals surface area contributed by atoms with Crippen molar-refractivity contribution in [3.8, 4) is 0 Å². The minimum absolute atomic E-state index is 0.0125. The summed E-state index contributed by atoms with van der Waals surface area (Å²) in [7, 11) is 0. The molecule has 0 aliphatic heterocycles. The van der Waals surface area contributed by atoms with Crippen LogP contribution in [0.25, 0.3) is 0 Å². The van der Waals surface area contributed by atoms with Gasteiger partial charge in [0.25, 0.3) is 0 Å². The van der Waals surface area contributed by atoms with Crippen molar-refractivity contribution in [1.82, 2.24) is 10.6 Å². The van der Waals surface area contributed by atoms with Crippen molar-refractivity contribution in [2.75, 3.05) is 6.54 Å². The molecule has 0 aromatic rings. The molecule has 2 atom stereocenters. The highest BCUT2D eigenvalue weighted by Gasteiger charge is 2.24. The summed E-state index contributed by atoms with van der Waals surface area (Å²) < 4.78 is 0. The lowest BCUT2D eigenvalue weighted by Gasteiger charge is -2.22. The normalized spacial score (nSPS) is 26.7. The summed E-state index contributed by atoms with van der Waals surface area (Å²) in [5.41, 5.74) is 0.0125. The largest absolute Gasteiger partial charge is 0.352 e. The van der Waals surface area contributed by atoms with Crippen molar-refractivity contribution in [2.24, 2.45) is 5.92 Å². The van der Waals surface area contributed by atoms with Crippen molar-refractivity contribution in [1.29, 1.82) is 0 Å². The summed E-state index contributed by atoms with van der Waals surface area (Å²) in [5.74, 6) is 0.771. The van der Waals surface area contributed by atoms with E-state index in [9.17, 15) is 4.79 Å². The molecule has 2 unspecified atom stereocenters. The van der Waals surface area contributed by atoms with Gasteiger partial charge in [-0.05, 0) is 39.5 Å². The maximum atomic E-state index is 11.6. The molecule has 0 radical (unpaired) electrons. The van der Waals surface area contributed by atoms with Crippen molar-refractivity contribution in [3.63, 3.8) is 0 Å². The highest BCUT2D eigenvalue weighted by Crippen LogP contribution is 2.24. The molecule has 0 heterocycles. The second-order valence-corrected chi connectivity index (χ2v) is 5.69. The molecule has 1 aliphatic carbocycles. The Hall–Kier alpha value is -0.570. The van der Waals surface area contributed by atoms with E-state index in [-0.39, 0.29) is 11.4 Å². The molecule has 3 nitrogen and oxygen atoms in total. The lowest BCUT2D eigenvalue weighted by Crippen LogP contribution is -2.46. The van der Waals surface area contributed by atoms with Gasteiger partial charge in [-0.25, -0.2) is 0 Å². The van der Waals surface area contributed by atoms with Crippen LogP contribution in [0.4, 0.5) is 0 Å². The fourth-order valence-corrected chi connectivity index (χ4v) is 1.96. The van der Waals surface area contributed by atoms with Gasteiger partial charge < -0.3 is 10.6 Å². The number of rotatable bonds is 3. The average Bonchev–Trinajstić information content (AvgIpc) is 2.47. The van der Waals surface area contributed by atoms with E-state index in [0.29, 0.717) is 18.5 Å². The minimum Gasteiger partial charge on any atom is -0.352 e. The second kappa shape index (κ2) is 4.97. The molecule has 1 aliphatic rings. The van der Waals surface area contributed by atoms with Gasteiger partial charge in [-0.1, -0.05) is 13.3 Å². The predicted octanol–water partition coefficient (Wildman–Crippen LogP) is 1.68. The zero-order valence-corrected chi connectivity index (χ0v) is 10.4. The van der Waals surface area contributed by atoms with Gasteiger partial charge in [0.1, 0.15) is 0 Å². The molecule has 0 spiro atoms. The Morgan fingerprint density at radius 1 is 1.33 bits per heavy atom. The van der Waals surface area contributed by atoms with E-state index in [1.807, 2.05) is 0 Å². The molecule has 1 fully saturated rings. The Bertz CT molecular complexity index is 220. The third kappa shape index (κ3) is 4.65. The quantitative estimate of drug-likeness (QED) is 0.747. The first-order chi connectivity index (χ1) is 6.88. The second-order valence-electron chi connectivity index (χ2n) is 5.69. The first-order valence-corrected chi connectivity index (χ1v) is 5.93. The molecular weight excluding hydrogens is 188 g/mol. The van der Waals surface area contributed by atoms with E-state index >= 15 is 0 Å². The van der Waals surface area contributed by atoms with E-state index in [0.717, 1.165) is 6.42 Å². The maximum absolute atomic E-state index is 11.6. The van der Waals surface area contributed by atoms with Crippen LogP contribution in [-0.2, 0) is 4.79 Å². The van der Waals surface area contributed by atoms with Crippen molar-refractivity contribution < 1.29 is 4.79 Å². The van der Waals surface area contributed by atoms with Crippen LogP contribution in [0, 0.1) is 5.92 Å². The van der Waals surface area contributed by atoms with Crippen LogP contribution in [0.15, 0.2) is 0 Å². The van der Waals surface area contributed by atoms with Crippen LogP contribution >= 0.6 is 0 Å². The van der Waals surface area contributed by atoms with Gasteiger partial charge in [0.15, 0.2) is 0 Å². The van der Waals surface area contributed by atoms with E-state index in [1.54, 1.807) is 0 Å². The van der Waals surface area contributed by atoms with E-state index in [4.69, 9.17) is 0 Å². The van der Waals surface area contributed by atoms with E-state index in [1.165, 1.54) is 12.8 Å². The lowest BCUT2D eigenvalue weighted by atomic mass is 10.1. The highest BCUT2D eigenvalue weighted by atomic mass is 16.2. The molecule has 1 saturated carbocycles. The molecule has 15 heavy (non-hydrogen) atoms. The van der Waals surface area contributed by atoms with Crippen molar-refractivity contribution in [3.05, 3.63) is 0 Å². The number of hydrogen-bond donors (Lipinski definition) is 2. The van der Waals surface area contributed by atoms with Gasteiger partial charge >= 0.3 is 0 Å². The highest BCUT2D eigenvalue weighted by molar-refractivity contribution is 5.78. The third-order valence-electron chi connectivity index (χ3n) is 2.99. The molecule has 3 heteroatoms. The Labute approximate surface area is 93.0 Å². The van der Waals surface area contributed by atoms with Crippen molar-refractivity contribution >= 4 is 5.91 Å². The topological polar surface area (TPSA) is 41.1 Å². The molecule has 88 valence electrons. The molecule has 2 N–H and O–H groups in total. The first kappa shape index (κ1) is 12.5. The molecule has 1 amide bonds. The average molecular weight is 212 g/mol. The fraction of sp³-hybridized carbons (Fsp3) is 0.917. The summed E-state index contributed by atoms with van der Waals surface area (Å²) in [4.78, 5) is 11.6. The number of carbonyl (C=O) groups is 1. The number of carbonyl (C=O) groups excluding carboxylic acids is 1. The molecule has 0 saturated heterocycles. The predicted molar refractivity (Wildman–Crippen MR) is 62.7 cm³/mol. The zero-order chi connectivity index (χ0) is 11.5. The van der Waals surface area contributed by atoms with Crippen LogP contribution < -0.4 is 10.6 Å². The third-order valence-corrected chi connectivity index (χ3v) is 2.99. The minimum atomic E-state index is 0.0125. The Morgan fingerprint density at radius 2 is 2.00 bits per heavy atom. The molecule has 0 aromatic carbocycles. The summed E-state index contributed by atoms with van der Waals surface area (Å²) in [6.07, 6.45) is 3.64. The Kier molecular flexibility index (Phi) is 4.14. The smallest absolute Gasteiger partial charge is 0.234 e. The Balaban J connectivity index is 2.24. The first-order valence-electron chi connectivity index (χ1n) is 5.93. The zero-order valence-electron chi connectivity index (χ0n) is 10.4. The Morgan fingerprint density at radius 3 is 2.47 bits per heavy atom. The molecule has 0 bridgehead atoms. The molecule has 1 rings (SSSR count). The monoisotopic (exact) mass is 212 g/mol. The number of amides is 1. The van der Waals surface area contributed by atoms with Crippen molar-refractivity contribution in [2.45, 2.75) is 58.5 Å². The summed E-state index contributed by atoms with van der Waals surface area (Å²) in [6.45, 7) is 8.84. The summed E-state index contributed by atoms with van der Waals surface area (Å²) in [6, 6.07) is 0.402. The van der Waals surface area contributed by atoms with Gasteiger partial charge in [0, 0.05) is 11.6 Å². The van der Waals surface area contributed by atoms with Crippen LogP contribution in [0.3, 0.4) is 0 Å². The lowest BCUT2D eigenvalue weighted by molar-refractivity contribution is -0.121.